The average Bonchev–Trinajstić information content (AvgIpc) is 2.19. The van der Waals surface area contributed by atoms with Crippen molar-refractivity contribution >= 4 is 0 Å². The van der Waals surface area contributed by atoms with Crippen molar-refractivity contribution in [2.75, 3.05) is 6.61 Å². The van der Waals surface area contributed by atoms with Crippen LogP contribution in [0.25, 0.3) is 0 Å². The van der Waals surface area contributed by atoms with Gasteiger partial charge in [0, 0.05) is 5.54 Å². The fourth-order valence-corrected chi connectivity index (χ4v) is 2.69. The highest BCUT2D eigenvalue weighted by atomic mass is 16.5. The summed E-state index contributed by atoms with van der Waals surface area (Å²) in [7, 11) is 0. The summed E-state index contributed by atoms with van der Waals surface area (Å²) in [4.78, 5) is 0. The molecule has 2 fully saturated rings. The van der Waals surface area contributed by atoms with Gasteiger partial charge in [0.15, 0.2) is 0 Å². The van der Waals surface area contributed by atoms with E-state index in [2.05, 4.69) is 12.2 Å². The van der Waals surface area contributed by atoms with Crippen LogP contribution in [0.4, 0.5) is 0 Å². The molecule has 0 aromatic rings. The lowest BCUT2D eigenvalue weighted by molar-refractivity contribution is -0.0593. The molecule has 0 radical (unpaired) electrons. The highest BCUT2D eigenvalue weighted by Crippen LogP contribution is 2.33. The third-order valence-corrected chi connectivity index (χ3v) is 3.55. The standard InChI is InChI=1S/C11H21NO/c1-2-10-12-11(8-9-13-10)6-4-3-5-7-11/h10,12H,2-9H2,1H3. The summed E-state index contributed by atoms with van der Waals surface area (Å²) in [6.45, 7) is 3.16. The largest absolute Gasteiger partial charge is 0.363 e. The first kappa shape index (κ1) is 9.47. The van der Waals surface area contributed by atoms with E-state index in [0.717, 1.165) is 13.0 Å². The van der Waals surface area contributed by atoms with Crippen LogP contribution in [0.1, 0.15) is 51.9 Å². The molecule has 1 saturated heterocycles. The zero-order chi connectivity index (χ0) is 9.15. The molecule has 1 heterocycles. The van der Waals surface area contributed by atoms with Gasteiger partial charge in [-0.15, -0.1) is 0 Å². The Labute approximate surface area is 81.0 Å². The molecule has 1 spiro atoms. The monoisotopic (exact) mass is 183 g/mol. The van der Waals surface area contributed by atoms with Gasteiger partial charge in [0.05, 0.1) is 6.61 Å². The SMILES string of the molecule is CCC1NC2(CCCCC2)CCO1. The van der Waals surface area contributed by atoms with Crippen molar-refractivity contribution < 1.29 is 4.74 Å². The molecule has 0 amide bonds. The molecule has 1 N–H and O–H groups in total. The van der Waals surface area contributed by atoms with Crippen LogP contribution >= 0.6 is 0 Å². The maximum atomic E-state index is 5.64. The minimum Gasteiger partial charge on any atom is -0.363 e. The Morgan fingerprint density at radius 1 is 1.23 bits per heavy atom. The summed E-state index contributed by atoms with van der Waals surface area (Å²) in [6, 6.07) is 0. The second-order valence-corrected chi connectivity index (χ2v) is 4.50. The summed E-state index contributed by atoms with van der Waals surface area (Å²) in [5.74, 6) is 0. The van der Waals surface area contributed by atoms with Crippen molar-refractivity contribution in [2.24, 2.45) is 0 Å². The van der Waals surface area contributed by atoms with Gasteiger partial charge in [0.1, 0.15) is 6.23 Å². The predicted octanol–water partition coefficient (Wildman–Crippen LogP) is 2.44. The Morgan fingerprint density at radius 2 is 2.00 bits per heavy atom. The number of nitrogens with one attached hydrogen (secondary N) is 1. The zero-order valence-corrected chi connectivity index (χ0v) is 8.64. The summed E-state index contributed by atoms with van der Waals surface area (Å²) in [5.41, 5.74) is 0.456. The van der Waals surface area contributed by atoms with E-state index in [1.54, 1.807) is 0 Å². The molecule has 1 atom stereocenters. The van der Waals surface area contributed by atoms with Gasteiger partial charge in [0.2, 0.25) is 0 Å². The highest BCUT2D eigenvalue weighted by Gasteiger charge is 2.36. The van der Waals surface area contributed by atoms with Crippen molar-refractivity contribution in [1.82, 2.24) is 5.32 Å². The lowest BCUT2D eigenvalue weighted by Crippen LogP contribution is -2.56. The van der Waals surface area contributed by atoms with Crippen LogP contribution < -0.4 is 5.32 Å². The molecule has 1 saturated carbocycles. The van der Waals surface area contributed by atoms with Crippen molar-refractivity contribution in [2.45, 2.75) is 63.6 Å². The van der Waals surface area contributed by atoms with Gasteiger partial charge in [-0.05, 0) is 25.7 Å². The fraction of sp³-hybridized carbons (Fsp3) is 1.00. The molecule has 0 aromatic carbocycles. The van der Waals surface area contributed by atoms with Crippen molar-refractivity contribution in [3.63, 3.8) is 0 Å². The highest BCUT2D eigenvalue weighted by molar-refractivity contribution is 4.93. The van der Waals surface area contributed by atoms with Crippen molar-refractivity contribution in [3.05, 3.63) is 0 Å². The van der Waals surface area contributed by atoms with Crippen molar-refractivity contribution in [3.8, 4) is 0 Å². The number of ether oxygens (including phenoxy) is 1. The topological polar surface area (TPSA) is 21.3 Å². The minimum atomic E-state index is 0.326. The van der Waals surface area contributed by atoms with Gasteiger partial charge in [-0.25, -0.2) is 0 Å². The summed E-state index contributed by atoms with van der Waals surface area (Å²) < 4.78 is 5.64. The number of hydrogen-bond acceptors (Lipinski definition) is 2. The molecule has 1 aliphatic heterocycles. The molecule has 1 aliphatic carbocycles. The second kappa shape index (κ2) is 3.97. The average molecular weight is 183 g/mol. The van der Waals surface area contributed by atoms with Crippen LogP contribution in [0.3, 0.4) is 0 Å². The summed E-state index contributed by atoms with van der Waals surface area (Å²) >= 11 is 0. The number of rotatable bonds is 1. The quantitative estimate of drug-likeness (QED) is 0.674. The van der Waals surface area contributed by atoms with E-state index in [-0.39, 0.29) is 0 Å². The number of hydrogen-bond donors (Lipinski definition) is 1. The Morgan fingerprint density at radius 3 is 2.69 bits per heavy atom. The molecule has 2 nitrogen and oxygen atoms in total. The first-order valence-corrected chi connectivity index (χ1v) is 5.74. The smallest absolute Gasteiger partial charge is 0.108 e. The summed E-state index contributed by atoms with van der Waals surface area (Å²) in [5, 5.41) is 3.70. The fourth-order valence-electron chi connectivity index (χ4n) is 2.69. The Hall–Kier alpha value is -0.0800. The van der Waals surface area contributed by atoms with E-state index in [4.69, 9.17) is 4.74 Å². The van der Waals surface area contributed by atoms with Gasteiger partial charge in [-0.1, -0.05) is 26.2 Å². The first-order valence-electron chi connectivity index (χ1n) is 5.74. The molecule has 1 unspecified atom stereocenters. The van der Waals surface area contributed by atoms with Crippen LogP contribution in [0, 0.1) is 0 Å². The normalized spacial score (nSPS) is 33.5. The van der Waals surface area contributed by atoms with E-state index in [0.29, 0.717) is 11.8 Å². The van der Waals surface area contributed by atoms with Crippen LogP contribution in [0.15, 0.2) is 0 Å². The predicted molar refractivity (Wildman–Crippen MR) is 53.6 cm³/mol. The molecule has 13 heavy (non-hydrogen) atoms. The van der Waals surface area contributed by atoms with Gasteiger partial charge < -0.3 is 4.74 Å². The van der Waals surface area contributed by atoms with Crippen LogP contribution in [-0.2, 0) is 4.74 Å². The van der Waals surface area contributed by atoms with Gasteiger partial charge in [-0.2, -0.15) is 0 Å². The molecule has 2 rings (SSSR count). The molecule has 0 bridgehead atoms. The van der Waals surface area contributed by atoms with Gasteiger partial charge in [0.25, 0.3) is 0 Å². The molecule has 76 valence electrons. The molecule has 2 aliphatic rings. The molecule has 2 heteroatoms. The van der Waals surface area contributed by atoms with Gasteiger partial charge in [-0.3, -0.25) is 5.32 Å². The van der Waals surface area contributed by atoms with Gasteiger partial charge >= 0.3 is 0 Å². The van der Waals surface area contributed by atoms with E-state index >= 15 is 0 Å². The van der Waals surface area contributed by atoms with Crippen LogP contribution in [0.5, 0.6) is 0 Å². The maximum absolute atomic E-state index is 5.64. The van der Waals surface area contributed by atoms with E-state index in [1.165, 1.54) is 38.5 Å². The Balaban J connectivity index is 1.95. The van der Waals surface area contributed by atoms with E-state index in [9.17, 15) is 0 Å². The van der Waals surface area contributed by atoms with Crippen molar-refractivity contribution in [1.29, 1.82) is 0 Å². The van der Waals surface area contributed by atoms with E-state index in [1.807, 2.05) is 0 Å². The lowest BCUT2D eigenvalue weighted by Gasteiger charge is -2.44. The van der Waals surface area contributed by atoms with E-state index < -0.39 is 0 Å². The zero-order valence-electron chi connectivity index (χ0n) is 8.64. The summed E-state index contributed by atoms with van der Waals surface area (Å²) in [6.07, 6.45) is 9.63. The molecular formula is C11H21NO. The third-order valence-electron chi connectivity index (χ3n) is 3.55. The maximum Gasteiger partial charge on any atom is 0.108 e. The molecule has 0 aromatic heterocycles. The van der Waals surface area contributed by atoms with Crippen LogP contribution in [-0.4, -0.2) is 18.4 Å². The minimum absolute atomic E-state index is 0.326. The van der Waals surface area contributed by atoms with Crippen LogP contribution in [0.2, 0.25) is 0 Å². The first-order chi connectivity index (χ1) is 6.35. The Kier molecular flexibility index (Phi) is 2.89. The lowest BCUT2D eigenvalue weighted by atomic mass is 9.78. The third kappa shape index (κ3) is 2.05. The molecular weight excluding hydrogens is 162 g/mol. The Bertz CT molecular complexity index is 158. The second-order valence-electron chi connectivity index (χ2n) is 4.50.